The summed E-state index contributed by atoms with van der Waals surface area (Å²) < 4.78 is 85.4. The van der Waals surface area contributed by atoms with Crippen LogP contribution >= 0.6 is 11.6 Å². The summed E-state index contributed by atoms with van der Waals surface area (Å²) in [4.78, 5) is 25.7. The van der Waals surface area contributed by atoms with Crippen LogP contribution in [0, 0.1) is 11.6 Å². The molecule has 178 valence electrons. The molecule has 1 fully saturated rings. The number of para-hydroxylation sites is 1. The average Bonchev–Trinajstić information content (AvgIpc) is 2.69. The molecule has 0 radical (unpaired) electrons. The molecule has 1 unspecified atom stereocenters. The van der Waals surface area contributed by atoms with Crippen LogP contribution in [-0.4, -0.2) is 48.4 Å². The number of nitrogens with zero attached hydrogens (tertiary/aromatic N) is 1. The highest BCUT2D eigenvalue weighted by molar-refractivity contribution is 6.34. The Kier molecular flexibility index (Phi) is 6.96. The quantitative estimate of drug-likeness (QED) is 0.547. The number of amides is 3. The lowest BCUT2D eigenvalue weighted by Gasteiger charge is -2.34. The molecule has 0 aliphatic carbocycles. The molecule has 0 bridgehead atoms. The molecule has 1 aliphatic rings. The topological polar surface area (TPSA) is 70.7 Å². The summed E-state index contributed by atoms with van der Waals surface area (Å²) in [6.07, 6.45) is -8.49. The molecule has 2 N–H and O–H groups in total. The van der Waals surface area contributed by atoms with E-state index in [1.165, 1.54) is 12.1 Å². The lowest BCUT2D eigenvalue weighted by Crippen LogP contribution is -2.53. The second kappa shape index (κ2) is 9.38. The zero-order valence-electron chi connectivity index (χ0n) is 16.8. The van der Waals surface area contributed by atoms with Gasteiger partial charge in [0.2, 0.25) is 0 Å². The van der Waals surface area contributed by atoms with E-state index in [1.54, 1.807) is 0 Å². The minimum Gasteiger partial charge on any atom is -0.480 e. The molecule has 2 aromatic carbocycles. The minimum absolute atomic E-state index is 0.209. The van der Waals surface area contributed by atoms with Crippen LogP contribution in [0.3, 0.4) is 0 Å². The van der Waals surface area contributed by atoms with Crippen LogP contribution in [0.25, 0.3) is 0 Å². The standard InChI is InChI=1S/C20H16ClF6N3O3/c1-9(20(25,26)27)33-16-6-15(28-19(32)30-7-10(22)8-30)14(24)5-11(16)18(31)29-17-12(21)3-2-4-13(17)23/h2-6,9-10H,7-8H2,1H3,(H,28,32)(H,29,31). The maximum absolute atomic E-state index is 14.6. The van der Waals surface area contributed by atoms with Gasteiger partial charge in [0.15, 0.2) is 6.10 Å². The van der Waals surface area contributed by atoms with E-state index in [-0.39, 0.29) is 18.1 Å². The van der Waals surface area contributed by atoms with Gasteiger partial charge in [0.25, 0.3) is 5.91 Å². The van der Waals surface area contributed by atoms with Crippen LogP contribution in [0.15, 0.2) is 30.3 Å². The Labute approximate surface area is 188 Å². The zero-order valence-corrected chi connectivity index (χ0v) is 17.5. The molecule has 1 aliphatic heterocycles. The van der Waals surface area contributed by atoms with Crippen LogP contribution in [0.4, 0.5) is 42.5 Å². The van der Waals surface area contributed by atoms with Gasteiger partial charge >= 0.3 is 12.2 Å². The number of benzene rings is 2. The number of urea groups is 1. The summed E-state index contributed by atoms with van der Waals surface area (Å²) in [5.41, 5.74) is -1.80. The normalized spacial score (nSPS) is 15.0. The number of anilines is 2. The minimum atomic E-state index is -4.84. The second-order valence-electron chi connectivity index (χ2n) is 7.11. The Morgan fingerprint density at radius 1 is 1.15 bits per heavy atom. The monoisotopic (exact) mass is 495 g/mol. The predicted octanol–water partition coefficient (Wildman–Crippen LogP) is 5.39. The van der Waals surface area contributed by atoms with Gasteiger partial charge in [0, 0.05) is 6.07 Å². The number of carbonyl (C=O) groups excluding carboxylic acids is 2. The molecular formula is C20H16ClF6N3O3. The number of alkyl halides is 4. The number of halogens is 7. The molecule has 6 nitrogen and oxygen atoms in total. The number of carbonyl (C=O) groups is 2. The summed E-state index contributed by atoms with van der Waals surface area (Å²) in [6.45, 7) is 0.191. The molecule has 1 heterocycles. The van der Waals surface area contributed by atoms with Crippen LogP contribution < -0.4 is 15.4 Å². The first-order chi connectivity index (χ1) is 15.4. The smallest absolute Gasteiger partial charge is 0.425 e. The van der Waals surface area contributed by atoms with Gasteiger partial charge in [-0.2, -0.15) is 13.2 Å². The lowest BCUT2D eigenvalue weighted by atomic mass is 10.1. The van der Waals surface area contributed by atoms with Gasteiger partial charge in [-0.3, -0.25) is 4.79 Å². The highest BCUT2D eigenvalue weighted by atomic mass is 35.5. The fourth-order valence-corrected chi connectivity index (χ4v) is 2.97. The highest BCUT2D eigenvalue weighted by Crippen LogP contribution is 2.33. The average molecular weight is 496 g/mol. The van der Waals surface area contributed by atoms with Crippen molar-refractivity contribution in [3.63, 3.8) is 0 Å². The van der Waals surface area contributed by atoms with E-state index < -0.39 is 64.7 Å². The molecule has 1 saturated heterocycles. The molecular weight excluding hydrogens is 480 g/mol. The fourth-order valence-electron chi connectivity index (χ4n) is 2.76. The van der Waals surface area contributed by atoms with Crippen molar-refractivity contribution in [2.45, 2.75) is 25.4 Å². The van der Waals surface area contributed by atoms with Gasteiger partial charge in [0.05, 0.1) is 35.1 Å². The van der Waals surface area contributed by atoms with E-state index in [0.717, 1.165) is 11.0 Å². The molecule has 13 heteroatoms. The Balaban J connectivity index is 1.94. The molecule has 0 spiro atoms. The third-order valence-electron chi connectivity index (χ3n) is 4.65. The third-order valence-corrected chi connectivity index (χ3v) is 4.96. The number of hydrogen-bond donors (Lipinski definition) is 2. The van der Waals surface area contributed by atoms with Crippen molar-refractivity contribution in [3.05, 3.63) is 52.6 Å². The van der Waals surface area contributed by atoms with Gasteiger partial charge in [-0.25, -0.2) is 18.0 Å². The molecule has 3 rings (SSSR count). The van der Waals surface area contributed by atoms with E-state index in [1.807, 2.05) is 0 Å². The Morgan fingerprint density at radius 3 is 2.39 bits per heavy atom. The summed E-state index contributed by atoms with van der Waals surface area (Å²) >= 11 is 5.83. The van der Waals surface area contributed by atoms with Gasteiger partial charge in [-0.1, -0.05) is 17.7 Å². The van der Waals surface area contributed by atoms with E-state index in [0.29, 0.717) is 19.1 Å². The SMILES string of the molecule is CC(Oc1cc(NC(=O)N2CC(F)C2)c(F)cc1C(=O)Nc1c(F)cccc1Cl)C(F)(F)F. The zero-order chi connectivity index (χ0) is 24.5. The summed E-state index contributed by atoms with van der Waals surface area (Å²) in [5, 5.41) is 3.95. The first-order valence-corrected chi connectivity index (χ1v) is 9.77. The van der Waals surface area contributed by atoms with Gasteiger partial charge in [0.1, 0.15) is 23.6 Å². The maximum Gasteiger partial charge on any atom is 0.425 e. The molecule has 1 atom stereocenters. The van der Waals surface area contributed by atoms with E-state index in [9.17, 15) is 35.9 Å². The van der Waals surface area contributed by atoms with Crippen molar-refractivity contribution in [2.24, 2.45) is 0 Å². The Hall–Kier alpha value is -3.15. The Bertz CT molecular complexity index is 1060. The van der Waals surface area contributed by atoms with Crippen LogP contribution in [-0.2, 0) is 0 Å². The largest absolute Gasteiger partial charge is 0.480 e. The predicted molar refractivity (Wildman–Crippen MR) is 107 cm³/mol. The van der Waals surface area contributed by atoms with E-state index >= 15 is 0 Å². The van der Waals surface area contributed by atoms with Crippen molar-refractivity contribution in [2.75, 3.05) is 23.7 Å². The van der Waals surface area contributed by atoms with Gasteiger partial charge in [-0.15, -0.1) is 0 Å². The molecule has 2 aromatic rings. The first-order valence-electron chi connectivity index (χ1n) is 9.39. The number of nitrogens with one attached hydrogen (secondary N) is 2. The summed E-state index contributed by atoms with van der Waals surface area (Å²) in [5.74, 6) is -4.09. The van der Waals surface area contributed by atoms with Crippen molar-refractivity contribution < 1.29 is 40.7 Å². The molecule has 0 aromatic heterocycles. The van der Waals surface area contributed by atoms with Crippen molar-refractivity contribution >= 4 is 34.9 Å². The third kappa shape index (κ3) is 5.62. The molecule has 0 saturated carbocycles. The van der Waals surface area contributed by atoms with Crippen LogP contribution in [0.1, 0.15) is 17.3 Å². The highest BCUT2D eigenvalue weighted by Gasteiger charge is 2.39. The number of ether oxygens (including phenoxy) is 1. The van der Waals surface area contributed by atoms with Crippen LogP contribution in [0.2, 0.25) is 5.02 Å². The number of likely N-dealkylation sites (tertiary alicyclic amines) is 1. The number of hydrogen-bond acceptors (Lipinski definition) is 3. The van der Waals surface area contributed by atoms with Crippen molar-refractivity contribution in [3.8, 4) is 5.75 Å². The fraction of sp³-hybridized carbons (Fsp3) is 0.300. The van der Waals surface area contributed by atoms with Crippen molar-refractivity contribution in [1.82, 2.24) is 4.90 Å². The second-order valence-corrected chi connectivity index (χ2v) is 7.52. The first kappa shape index (κ1) is 24.5. The molecule has 33 heavy (non-hydrogen) atoms. The number of rotatable bonds is 5. The Morgan fingerprint density at radius 2 is 1.82 bits per heavy atom. The summed E-state index contributed by atoms with van der Waals surface area (Å²) in [6, 6.07) is 3.79. The summed E-state index contributed by atoms with van der Waals surface area (Å²) in [7, 11) is 0. The van der Waals surface area contributed by atoms with Gasteiger partial charge < -0.3 is 20.3 Å². The van der Waals surface area contributed by atoms with Crippen LogP contribution in [0.5, 0.6) is 5.75 Å². The maximum atomic E-state index is 14.6. The van der Waals surface area contributed by atoms with Crippen molar-refractivity contribution in [1.29, 1.82) is 0 Å². The van der Waals surface area contributed by atoms with E-state index in [4.69, 9.17) is 16.3 Å². The lowest BCUT2D eigenvalue weighted by molar-refractivity contribution is -0.189. The molecule has 3 amide bonds. The van der Waals surface area contributed by atoms with Gasteiger partial charge in [-0.05, 0) is 25.1 Å². The van der Waals surface area contributed by atoms with E-state index in [2.05, 4.69) is 10.6 Å².